The quantitative estimate of drug-likeness (QED) is 0.749. The van der Waals surface area contributed by atoms with Gasteiger partial charge in [-0.25, -0.2) is 9.48 Å². The van der Waals surface area contributed by atoms with Gasteiger partial charge in [-0.05, 0) is 19.3 Å². The zero-order valence-corrected chi connectivity index (χ0v) is 10.6. The van der Waals surface area contributed by atoms with Crippen LogP contribution >= 0.6 is 0 Å². The fourth-order valence-electron chi connectivity index (χ4n) is 1.45. The van der Waals surface area contributed by atoms with Gasteiger partial charge in [0.2, 0.25) is 0 Å². The van der Waals surface area contributed by atoms with Crippen LogP contribution in [-0.4, -0.2) is 27.6 Å². The highest BCUT2D eigenvalue weighted by Crippen LogP contribution is 2.09. The van der Waals surface area contributed by atoms with Gasteiger partial charge >= 0.3 is 5.97 Å². The van der Waals surface area contributed by atoms with Crippen molar-refractivity contribution < 1.29 is 9.53 Å². The van der Waals surface area contributed by atoms with E-state index in [9.17, 15) is 4.79 Å². The van der Waals surface area contributed by atoms with Crippen molar-refractivity contribution in [2.24, 2.45) is 11.7 Å². The highest BCUT2D eigenvalue weighted by molar-refractivity contribution is 5.88. The van der Waals surface area contributed by atoms with Crippen molar-refractivity contribution in [3.05, 3.63) is 11.4 Å². The van der Waals surface area contributed by atoms with Crippen molar-refractivity contribution in [3.8, 4) is 0 Å². The number of aromatic nitrogens is 3. The first kappa shape index (κ1) is 13.6. The minimum Gasteiger partial charge on any atom is -0.461 e. The molecule has 1 aromatic rings. The van der Waals surface area contributed by atoms with Crippen molar-refractivity contribution in [1.29, 1.82) is 0 Å². The third-order valence-electron chi connectivity index (χ3n) is 2.42. The molecule has 1 rings (SSSR count). The lowest BCUT2D eigenvalue weighted by molar-refractivity contribution is 0.0518. The van der Waals surface area contributed by atoms with E-state index in [0.29, 0.717) is 18.2 Å². The van der Waals surface area contributed by atoms with Crippen LogP contribution in [0.3, 0.4) is 0 Å². The number of hydrogen-bond donors (Lipinski definition) is 1. The highest BCUT2D eigenvalue weighted by Gasteiger charge is 2.19. The lowest BCUT2D eigenvalue weighted by atomic mass is 10.1. The summed E-state index contributed by atoms with van der Waals surface area (Å²) < 4.78 is 6.59. The van der Waals surface area contributed by atoms with Gasteiger partial charge in [0, 0.05) is 13.1 Å². The Bertz CT molecular complexity index is 374. The van der Waals surface area contributed by atoms with Gasteiger partial charge in [0.05, 0.1) is 12.3 Å². The summed E-state index contributed by atoms with van der Waals surface area (Å²) >= 11 is 0. The number of nitrogens with two attached hydrogens (primary N) is 1. The topological polar surface area (TPSA) is 83.0 Å². The van der Waals surface area contributed by atoms with Gasteiger partial charge in [-0.3, -0.25) is 0 Å². The molecule has 0 unspecified atom stereocenters. The third kappa shape index (κ3) is 3.52. The fourth-order valence-corrected chi connectivity index (χ4v) is 1.45. The molecule has 0 aliphatic rings. The molecule has 1 aromatic heterocycles. The summed E-state index contributed by atoms with van der Waals surface area (Å²) in [5.41, 5.74) is 6.50. The Morgan fingerprint density at radius 3 is 2.76 bits per heavy atom. The van der Waals surface area contributed by atoms with Gasteiger partial charge in [0.15, 0.2) is 5.69 Å². The second-order valence-corrected chi connectivity index (χ2v) is 4.22. The van der Waals surface area contributed by atoms with Gasteiger partial charge in [0.1, 0.15) is 0 Å². The maximum Gasteiger partial charge on any atom is 0.360 e. The van der Waals surface area contributed by atoms with Gasteiger partial charge in [-0.1, -0.05) is 19.1 Å². The molecule has 1 heterocycles. The van der Waals surface area contributed by atoms with E-state index in [4.69, 9.17) is 10.5 Å². The molecule has 0 aliphatic carbocycles. The Hall–Kier alpha value is -1.43. The summed E-state index contributed by atoms with van der Waals surface area (Å²) in [7, 11) is 0. The first-order valence-electron chi connectivity index (χ1n) is 5.89. The van der Waals surface area contributed by atoms with E-state index in [2.05, 4.69) is 24.2 Å². The van der Waals surface area contributed by atoms with Crippen LogP contribution in [0.5, 0.6) is 0 Å². The summed E-state index contributed by atoms with van der Waals surface area (Å²) in [6.07, 6.45) is 0.971. The molecule has 17 heavy (non-hydrogen) atoms. The van der Waals surface area contributed by atoms with Gasteiger partial charge in [0.25, 0.3) is 0 Å². The zero-order chi connectivity index (χ0) is 12.8. The monoisotopic (exact) mass is 240 g/mol. The van der Waals surface area contributed by atoms with Crippen molar-refractivity contribution in [3.63, 3.8) is 0 Å². The van der Waals surface area contributed by atoms with Crippen LogP contribution in [0, 0.1) is 5.92 Å². The standard InChI is InChI=1S/C11H20N4O2/c1-4-17-11(16)10-9(7-12)15(14-13-10)6-5-8(2)3/h8H,4-7,12H2,1-3H3. The normalized spacial score (nSPS) is 10.9. The predicted molar refractivity (Wildman–Crippen MR) is 63.3 cm³/mol. The fraction of sp³-hybridized carbons (Fsp3) is 0.727. The summed E-state index contributed by atoms with van der Waals surface area (Å²) in [6, 6.07) is 0. The lowest BCUT2D eigenvalue weighted by Gasteiger charge is -2.07. The maximum absolute atomic E-state index is 11.6. The molecule has 0 atom stereocenters. The van der Waals surface area contributed by atoms with Gasteiger partial charge in [-0.2, -0.15) is 0 Å². The molecular weight excluding hydrogens is 220 g/mol. The Morgan fingerprint density at radius 1 is 1.53 bits per heavy atom. The highest BCUT2D eigenvalue weighted by atomic mass is 16.5. The second kappa shape index (κ2) is 6.34. The van der Waals surface area contributed by atoms with Crippen LogP contribution in [0.1, 0.15) is 43.4 Å². The molecule has 0 radical (unpaired) electrons. The summed E-state index contributed by atoms with van der Waals surface area (Å²) in [4.78, 5) is 11.6. The van der Waals surface area contributed by atoms with E-state index in [-0.39, 0.29) is 12.2 Å². The smallest absolute Gasteiger partial charge is 0.360 e. The van der Waals surface area contributed by atoms with E-state index in [1.165, 1.54) is 0 Å². The Morgan fingerprint density at radius 2 is 2.24 bits per heavy atom. The lowest BCUT2D eigenvalue weighted by Crippen LogP contribution is -2.15. The zero-order valence-electron chi connectivity index (χ0n) is 10.6. The average molecular weight is 240 g/mol. The molecule has 6 nitrogen and oxygen atoms in total. The molecule has 2 N–H and O–H groups in total. The number of esters is 1. The summed E-state index contributed by atoms with van der Waals surface area (Å²) in [6.45, 7) is 7.29. The molecule has 0 fully saturated rings. The molecule has 0 bridgehead atoms. The predicted octanol–water partition coefficient (Wildman–Crippen LogP) is 0.960. The van der Waals surface area contributed by atoms with Crippen molar-refractivity contribution in [2.75, 3.05) is 6.61 Å². The number of carbonyl (C=O) groups is 1. The van der Waals surface area contributed by atoms with Crippen LogP contribution in [0.2, 0.25) is 0 Å². The first-order chi connectivity index (χ1) is 8.10. The molecule has 0 saturated heterocycles. The molecular formula is C11H20N4O2. The molecule has 96 valence electrons. The third-order valence-corrected chi connectivity index (χ3v) is 2.42. The molecule has 0 saturated carbocycles. The first-order valence-corrected chi connectivity index (χ1v) is 5.89. The molecule has 6 heteroatoms. The second-order valence-electron chi connectivity index (χ2n) is 4.22. The van der Waals surface area contributed by atoms with Gasteiger partial charge < -0.3 is 10.5 Å². The molecule has 0 aliphatic heterocycles. The van der Waals surface area contributed by atoms with Crippen LogP contribution in [0.25, 0.3) is 0 Å². The Kier molecular flexibility index (Phi) is 5.09. The van der Waals surface area contributed by atoms with Crippen LogP contribution in [0.4, 0.5) is 0 Å². The Balaban J connectivity index is 2.83. The number of rotatable bonds is 6. The number of ether oxygens (including phenoxy) is 1. The largest absolute Gasteiger partial charge is 0.461 e. The van der Waals surface area contributed by atoms with Crippen molar-refractivity contribution >= 4 is 5.97 Å². The molecule has 0 spiro atoms. The Labute approximate surface area is 101 Å². The minimum atomic E-state index is -0.455. The van der Waals surface area contributed by atoms with Crippen LogP contribution in [0.15, 0.2) is 0 Å². The summed E-state index contributed by atoms with van der Waals surface area (Å²) in [5, 5.41) is 7.79. The number of carbonyl (C=O) groups excluding carboxylic acids is 1. The van der Waals surface area contributed by atoms with E-state index < -0.39 is 5.97 Å². The van der Waals surface area contributed by atoms with E-state index >= 15 is 0 Å². The van der Waals surface area contributed by atoms with E-state index in [1.807, 2.05) is 0 Å². The van der Waals surface area contributed by atoms with Crippen LogP contribution in [-0.2, 0) is 17.8 Å². The SMILES string of the molecule is CCOC(=O)c1nnn(CCC(C)C)c1CN. The van der Waals surface area contributed by atoms with Crippen LogP contribution < -0.4 is 5.73 Å². The maximum atomic E-state index is 11.6. The number of aryl methyl sites for hydroxylation is 1. The van der Waals surface area contributed by atoms with E-state index in [0.717, 1.165) is 13.0 Å². The van der Waals surface area contributed by atoms with E-state index in [1.54, 1.807) is 11.6 Å². The number of hydrogen-bond acceptors (Lipinski definition) is 5. The summed E-state index contributed by atoms with van der Waals surface area (Å²) in [5.74, 6) is 0.111. The average Bonchev–Trinajstić information content (AvgIpc) is 2.69. The van der Waals surface area contributed by atoms with Crippen molar-refractivity contribution in [1.82, 2.24) is 15.0 Å². The molecule has 0 amide bonds. The molecule has 0 aromatic carbocycles. The number of nitrogens with zero attached hydrogens (tertiary/aromatic N) is 3. The van der Waals surface area contributed by atoms with Crippen molar-refractivity contribution in [2.45, 2.75) is 40.3 Å². The minimum absolute atomic E-state index is 0.234. The van der Waals surface area contributed by atoms with Gasteiger partial charge in [-0.15, -0.1) is 5.10 Å².